The van der Waals surface area contributed by atoms with Gasteiger partial charge in [0.05, 0.1) is 12.2 Å². The fraction of sp³-hybridized carbons (Fsp3) is 0.632. The van der Waals surface area contributed by atoms with Crippen LogP contribution in [-0.2, 0) is 9.47 Å². The van der Waals surface area contributed by atoms with Crippen molar-refractivity contribution in [2.75, 3.05) is 13.7 Å². The molecule has 22 heavy (non-hydrogen) atoms. The summed E-state index contributed by atoms with van der Waals surface area (Å²) < 4.78 is 10.8. The lowest BCUT2D eigenvalue weighted by molar-refractivity contribution is 0.00230. The molecule has 124 valence electrons. The monoisotopic (exact) mass is 306 g/mol. The van der Waals surface area contributed by atoms with Crippen LogP contribution < -0.4 is 0 Å². The van der Waals surface area contributed by atoms with Gasteiger partial charge in [0, 0.05) is 7.11 Å². The predicted molar refractivity (Wildman–Crippen MR) is 90.3 cm³/mol. The molecule has 0 bridgehead atoms. The van der Waals surface area contributed by atoms with E-state index in [9.17, 15) is 4.79 Å². The number of benzene rings is 1. The van der Waals surface area contributed by atoms with E-state index in [1.165, 1.54) is 12.8 Å². The zero-order valence-electron chi connectivity index (χ0n) is 14.6. The molecule has 0 aliphatic rings. The van der Waals surface area contributed by atoms with Crippen LogP contribution in [0.25, 0.3) is 0 Å². The second-order valence-electron chi connectivity index (χ2n) is 6.54. The Morgan fingerprint density at radius 1 is 1.05 bits per heavy atom. The number of hydrogen-bond donors (Lipinski definition) is 0. The van der Waals surface area contributed by atoms with Crippen molar-refractivity contribution in [3.8, 4) is 0 Å². The first kappa shape index (κ1) is 18.7. The normalized spacial score (nSPS) is 12.5. The number of carbonyl (C=O) groups is 1. The second kappa shape index (κ2) is 9.62. The molecule has 1 rings (SSSR count). The number of hydrogen-bond acceptors (Lipinski definition) is 3. The molecule has 3 heteroatoms. The smallest absolute Gasteiger partial charge is 0.338 e. The first-order valence-corrected chi connectivity index (χ1v) is 8.20. The van der Waals surface area contributed by atoms with E-state index in [1.54, 1.807) is 7.11 Å². The standard InChI is InChI=1S/C19H30O3/c1-14(2)8-6-7-9-18(13-21-5)22-19(20)17-11-15(3)10-16(4)12-17/h10-12,14,18H,6-9,13H2,1-5H3. The van der Waals surface area contributed by atoms with Crippen LogP contribution in [0.15, 0.2) is 18.2 Å². The maximum absolute atomic E-state index is 12.3. The highest BCUT2D eigenvalue weighted by Gasteiger charge is 2.16. The molecule has 0 aliphatic carbocycles. The van der Waals surface area contributed by atoms with E-state index in [1.807, 2.05) is 26.0 Å². The molecule has 0 fully saturated rings. The number of methoxy groups -OCH3 is 1. The topological polar surface area (TPSA) is 35.5 Å². The highest BCUT2D eigenvalue weighted by molar-refractivity contribution is 5.90. The number of carbonyl (C=O) groups excluding carboxylic acids is 1. The number of unbranched alkanes of at least 4 members (excludes halogenated alkanes) is 1. The van der Waals surface area contributed by atoms with Crippen molar-refractivity contribution in [1.82, 2.24) is 0 Å². The van der Waals surface area contributed by atoms with Gasteiger partial charge < -0.3 is 9.47 Å². The molecular formula is C19H30O3. The molecule has 0 saturated heterocycles. The third-order valence-electron chi connectivity index (χ3n) is 3.64. The highest BCUT2D eigenvalue weighted by Crippen LogP contribution is 2.15. The van der Waals surface area contributed by atoms with E-state index in [4.69, 9.17) is 9.47 Å². The van der Waals surface area contributed by atoms with Gasteiger partial charge in [-0.3, -0.25) is 0 Å². The van der Waals surface area contributed by atoms with Crippen molar-refractivity contribution in [3.05, 3.63) is 34.9 Å². The van der Waals surface area contributed by atoms with Crippen LogP contribution in [0.4, 0.5) is 0 Å². The van der Waals surface area contributed by atoms with Crippen molar-refractivity contribution in [1.29, 1.82) is 0 Å². The van der Waals surface area contributed by atoms with Gasteiger partial charge in [0.25, 0.3) is 0 Å². The lowest BCUT2D eigenvalue weighted by Gasteiger charge is -2.18. The molecule has 0 saturated carbocycles. The third kappa shape index (κ3) is 7.08. The van der Waals surface area contributed by atoms with Crippen LogP contribution in [0, 0.1) is 19.8 Å². The van der Waals surface area contributed by atoms with Gasteiger partial charge in [0.15, 0.2) is 0 Å². The highest BCUT2D eigenvalue weighted by atomic mass is 16.6. The van der Waals surface area contributed by atoms with Gasteiger partial charge in [-0.25, -0.2) is 4.79 Å². The Hall–Kier alpha value is -1.35. The molecule has 0 amide bonds. The zero-order chi connectivity index (χ0) is 16.5. The Labute approximate surface area is 135 Å². The first-order valence-electron chi connectivity index (χ1n) is 8.20. The molecule has 1 aromatic rings. The average Bonchev–Trinajstić information content (AvgIpc) is 2.42. The van der Waals surface area contributed by atoms with Crippen LogP contribution in [0.5, 0.6) is 0 Å². The molecule has 1 unspecified atom stereocenters. The minimum absolute atomic E-state index is 0.162. The van der Waals surface area contributed by atoms with Crippen molar-refractivity contribution in [2.45, 2.75) is 59.5 Å². The molecule has 0 N–H and O–H groups in total. The minimum atomic E-state index is -0.252. The lowest BCUT2D eigenvalue weighted by Crippen LogP contribution is -2.23. The van der Waals surface area contributed by atoms with Crippen LogP contribution in [0.1, 0.15) is 61.0 Å². The van der Waals surface area contributed by atoms with Gasteiger partial charge in [-0.1, -0.05) is 43.9 Å². The largest absolute Gasteiger partial charge is 0.456 e. The third-order valence-corrected chi connectivity index (χ3v) is 3.64. The van der Waals surface area contributed by atoms with E-state index in [-0.39, 0.29) is 12.1 Å². The Balaban J connectivity index is 2.55. The van der Waals surface area contributed by atoms with E-state index >= 15 is 0 Å². The van der Waals surface area contributed by atoms with Crippen LogP contribution >= 0.6 is 0 Å². The van der Waals surface area contributed by atoms with E-state index < -0.39 is 0 Å². The fourth-order valence-corrected chi connectivity index (χ4v) is 2.60. The summed E-state index contributed by atoms with van der Waals surface area (Å²) in [6, 6.07) is 5.80. The molecular weight excluding hydrogens is 276 g/mol. The van der Waals surface area contributed by atoms with Crippen LogP contribution in [0.2, 0.25) is 0 Å². The molecule has 3 nitrogen and oxygen atoms in total. The summed E-state index contributed by atoms with van der Waals surface area (Å²) in [5.41, 5.74) is 2.78. The summed E-state index contributed by atoms with van der Waals surface area (Å²) in [5.74, 6) is 0.469. The minimum Gasteiger partial charge on any atom is -0.456 e. The first-order chi connectivity index (χ1) is 10.4. The van der Waals surface area contributed by atoms with Gasteiger partial charge in [0.1, 0.15) is 6.10 Å². The van der Waals surface area contributed by atoms with E-state index in [2.05, 4.69) is 19.9 Å². The fourth-order valence-electron chi connectivity index (χ4n) is 2.60. The van der Waals surface area contributed by atoms with E-state index in [0.29, 0.717) is 12.2 Å². The maximum Gasteiger partial charge on any atom is 0.338 e. The molecule has 0 spiro atoms. The summed E-state index contributed by atoms with van der Waals surface area (Å²) >= 11 is 0. The lowest BCUT2D eigenvalue weighted by atomic mass is 10.0. The summed E-state index contributed by atoms with van der Waals surface area (Å²) in [5, 5.41) is 0. The summed E-state index contributed by atoms with van der Waals surface area (Å²) in [6.07, 6.45) is 4.14. The number of esters is 1. The molecule has 0 radical (unpaired) electrons. The Bertz CT molecular complexity index is 445. The van der Waals surface area contributed by atoms with Gasteiger partial charge in [-0.05, 0) is 44.7 Å². The quantitative estimate of drug-likeness (QED) is 0.490. The van der Waals surface area contributed by atoms with Crippen molar-refractivity contribution >= 4 is 5.97 Å². The number of ether oxygens (including phenoxy) is 2. The summed E-state index contributed by atoms with van der Waals surface area (Å²) in [7, 11) is 1.64. The molecule has 1 aromatic carbocycles. The van der Waals surface area contributed by atoms with E-state index in [0.717, 1.165) is 29.9 Å². The van der Waals surface area contributed by atoms with Crippen molar-refractivity contribution in [2.24, 2.45) is 5.92 Å². The molecule has 0 heterocycles. The average molecular weight is 306 g/mol. The molecule has 1 atom stereocenters. The van der Waals surface area contributed by atoms with Gasteiger partial charge in [0.2, 0.25) is 0 Å². The number of rotatable bonds is 9. The Morgan fingerprint density at radius 2 is 1.64 bits per heavy atom. The number of aryl methyl sites for hydroxylation is 2. The second-order valence-corrected chi connectivity index (χ2v) is 6.54. The van der Waals surface area contributed by atoms with Gasteiger partial charge in [-0.2, -0.15) is 0 Å². The van der Waals surface area contributed by atoms with Crippen LogP contribution in [0.3, 0.4) is 0 Å². The Kier molecular flexibility index (Phi) is 8.18. The predicted octanol–water partition coefficient (Wildman–Crippen LogP) is 4.69. The van der Waals surface area contributed by atoms with Crippen molar-refractivity contribution in [3.63, 3.8) is 0 Å². The van der Waals surface area contributed by atoms with Crippen LogP contribution in [-0.4, -0.2) is 25.8 Å². The zero-order valence-corrected chi connectivity index (χ0v) is 14.6. The Morgan fingerprint density at radius 3 is 2.18 bits per heavy atom. The van der Waals surface area contributed by atoms with Gasteiger partial charge in [-0.15, -0.1) is 0 Å². The van der Waals surface area contributed by atoms with Gasteiger partial charge >= 0.3 is 5.97 Å². The maximum atomic E-state index is 12.3. The molecule has 0 aliphatic heterocycles. The SMILES string of the molecule is COCC(CCCCC(C)C)OC(=O)c1cc(C)cc(C)c1. The summed E-state index contributed by atoms with van der Waals surface area (Å²) in [6.45, 7) is 8.89. The summed E-state index contributed by atoms with van der Waals surface area (Å²) in [4.78, 5) is 12.3. The van der Waals surface area contributed by atoms with Crippen molar-refractivity contribution < 1.29 is 14.3 Å². The molecule has 0 aromatic heterocycles.